The molecule has 9 heteroatoms. The average Bonchev–Trinajstić information content (AvgIpc) is 2.60. The molecule has 0 saturated carbocycles. The van der Waals surface area contributed by atoms with Crippen molar-refractivity contribution in [3.8, 4) is 0 Å². The molecule has 0 fully saturated rings. The van der Waals surface area contributed by atoms with E-state index in [-0.39, 0.29) is 17.9 Å². The van der Waals surface area contributed by atoms with Crippen LogP contribution in [0, 0.1) is 5.82 Å². The number of benzene rings is 2. The van der Waals surface area contributed by atoms with Crippen LogP contribution in [0.15, 0.2) is 59.5 Å². The summed E-state index contributed by atoms with van der Waals surface area (Å²) in [5, 5.41) is 0. The van der Waals surface area contributed by atoms with E-state index in [0.717, 1.165) is 24.3 Å². The molecular formula is C17H17FN2O5S. The molecule has 2 aromatic carbocycles. The largest absolute Gasteiger partial charge is 0.447 e. The molecule has 0 saturated heterocycles. The van der Waals surface area contributed by atoms with Gasteiger partial charge < -0.3 is 10.5 Å². The molecule has 2 aromatic rings. The Labute approximate surface area is 150 Å². The van der Waals surface area contributed by atoms with Gasteiger partial charge >= 0.3 is 5.97 Å². The van der Waals surface area contributed by atoms with E-state index < -0.39 is 33.8 Å². The van der Waals surface area contributed by atoms with E-state index in [9.17, 15) is 22.4 Å². The summed E-state index contributed by atoms with van der Waals surface area (Å²) in [6.07, 6.45) is -1.56. The fourth-order valence-corrected chi connectivity index (χ4v) is 3.12. The normalized spacial score (nSPS) is 12.3. The molecule has 2 rings (SSSR count). The highest BCUT2D eigenvalue weighted by Gasteiger charge is 2.22. The summed E-state index contributed by atoms with van der Waals surface area (Å²) in [6, 6.07) is 12.5. The van der Waals surface area contributed by atoms with Gasteiger partial charge in [0.25, 0.3) is 5.91 Å². The van der Waals surface area contributed by atoms with E-state index in [4.69, 9.17) is 10.5 Å². The van der Waals surface area contributed by atoms with Crippen molar-refractivity contribution in [1.29, 1.82) is 0 Å². The van der Waals surface area contributed by atoms with Crippen LogP contribution in [-0.2, 0) is 24.3 Å². The van der Waals surface area contributed by atoms with E-state index >= 15 is 0 Å². The maximum absolute atomic E-state index is 12.8. The standard InChI is InChI=1S/C17H17FN2O5S/c18-13-6-8-14(9-7-13)26(23,24)20-11-10-15(21)25-16(17(19)22)12-4-2-1-3-5-12/h1-9,16,20H,10-11H2,(H2,19,22)/t16-/m1/s1. The third-order valence-corrected chi connectivity index (χ3v) is 4.83. The van der Waals surface area contributed by atoms with Crippen LogP contribution in [0.3, 0.4) is 0 Å². The first kappa shape index (κ1) is 19.5. The van der Waals surface area contributed by atoms with E-state index in [1.165, 1.54) is 0 Å². The van der Waals surface area contributed by atoms with Gasteiger partial charge in [-0.15, -0.1) is 0 Å². The molecule has 26 heavy (non-hydrogen) atoms. The molecule has 0 aliphatic carbocycles. The second-order valence-electron chi connectivity index (χ2n) is 5.28. The molecule has 0 aromatic heterocycles. The lowest BCUT2D eigenvalue weighted by Crippen LogP contribution is -2.29. The zero-order valence-electron chi connectivity index (χ0n) is 13.6. The van der Waals surface area contributed by atoms with Crippen LogP contribution in [0.25, 0.3) is 0 Å². The van der Waals surface area contributed by atoms with Gasteiger partial charge in [0.1, 0.15) is 5.82 Å². The predicted octanol–water partition coefficient (Wildman–Crippen LogP) is 1.26. The van der Waals surface area contributed by atoms with Crippen LogP contribution < -0.4 is 10.5 Å². The average molecular weight is 380 g/mol. The van der Waals surface area contributed by atoms with Gasteiger partial charge in [-0.05, 0) is 24.3 Å². The van der Waals surface area contributed by atoms with Crippen molar-refractivity contribution in [2.24, 2.45) is 5.73 Å². The Hall–Kier alpha value is -2.78. The third kappa shape index (κ3) is 5.36. The van der Waals surface area contributed by atoms with Crippen LogP contribution in [0.5, 0.6) is 0 Å². The van der Waals surface area contributed by atoms with Gasteiger partial charge in [-0.25, -0.2) is 17.5 Å². The van der Waals surface area contributed by atoms with Gasteiger partial charge in [-0.3, -0.25) is 9.59 Å². The Morgan fingerprint density at radius 2 is 1.69 bits per heavy atom. The van der Waals surface area contributed by atoms with Crippen molar-refractivity contribution in [3.63, 3.8) is 0 Å². The summed E-state index contributed by atoms with van der Waals surface area (Å²) in [4.78, 5) is 23.2. The number of esters is 1. The number of halogens is 1. The first-order valence-corrected chi connectivity index (χ1v) is 9.07. The highest BCUT2D eigenvalue weighted by molar-refractivity contribution is 7.89. The van der Waals surface area contributed by atoms with Gasteiger partial charge in [-0.1, -0.05) is 30.3 Å². The number of carbonyl (C=O) groups is 2. The van der Waals surface area contributed by atoms with Crippen molar-refractivity contribution >= 4 is 21.9 Å². The SMILES string of the molecule is NC(=O)[C@H](OC(=O)CCNS(=O)(=O)c1ccc(F)cc1)c1ccccc1. The Bertz CT molecular complexity index is 870. The lowest BCUT2D eigenvalue weighted by Gasteiger charge is -2.15. The lowest BCUT2D eigenvalue weighted by atomic mass is 10.1. The third-order valence-electron chi connectivity index (χ3n) is 3.36. The summed E-state index contributed by atoms with van der Waals surface area (Å²) in [6.45, 7) is -0.251. The number of ether oxygens (including phenoxy) is 1. The molecule has 138 valence electrons. The molecular weight excluding hydrogens is 363 g/mol. The Balaban J connectivity index is 1.91. The minimum absolute atomic E-state index is 0.133. The quantitative estimate of drug-likeness (QED) is 0.669. The highest BCUT2D eigenvalue weighted by atomic mass is 32.2. The number of nitrogens with one attached hydrogen (secondary N) is 1. The van der Waals surface area contributed by atoms with Gasteiger partial charge in [0.15, 0.2) is 0 Å². The Kier molecular flexibility index (Phi) is 6.42. The van der Waals surface area contributed by atoms with Gasteiger partial charge in [0, 0.05) is 12.1 Å². The fraction of sp³-hybridized carbons (Fsp3) is 0.176. The molecule has 0 bridgehead atoms. The minimum Gasteiger partial charge on any atom is -0.447 e. The van der Waals surface area contributed by atoms with Crippen molar-refractivity contribution in [2.75, 3.05) is 6.54 Å². The number of primary amides is 1. The Morgan fingerprint density at radius 3 is 2.27 bits per heavy atom. The molecule has 0 heterocycles. The fourth-order valence-electron chi connectivity index (χ4n) is 2.09. The maximum Gasteiger partial charge on any atom is 0.308 e. The summed E-state index contributed by atoms with van der Waals surface area (Å²) < 4.78 is 44.1. The number of rotatable bonds is 8. The second-order valence-corrected chi connectivity index (χ2v) is 7.05. The predicted molar refractivity (Wildman–Crippen MR) is 90.7 cm³/mol. The second kappa shape index (κ2) is 8.54. The first-order chi connectivity index (χ1) is 12.3. The van der Waals surface area contributed by atoms with Gasteiger partial charge in [0.2, 0.25) is 16.1 Å². The zero-order chi connectivity index (χ0) is 19.2. The van der Waals surface area contributed by atoms with Crippen LogP contribution in [0.2, 0.25) is 0 Å². The van der Waals surface area contributed by atoms with Crippen LogP contribution in [-0.4, -0.2) is 26.8 Å². The molecule has 1 amide bonds. The minimum atomic E-state index is -3.89. The smallest absolute Gasteiger partial charge is 0.308 e. The number of hydrogen-bond donors (Lipinski definition) is 2. The van der Waals surface area contributed by atoms with Gasteiger partial charge in [-0.2, -0.15) is 0 Å². The van der Waals surface area contributed by atoms with Crippen LogP contribution in [0.1, 0.15) is 18.1 Å². The maximum atomic E-state index is 12.8. The zero-order valence-corrected chi connectivity index (χ0v) is 14.4. The number of nitrogens with two attached hydrogens (primary N) is 1. The number of amides is 1. The van der Waals surface area contributed by atoms with Crippen LogP contribution >= 0.6 is 0 Å². The van der Waals surface area contributed by atoms with Crippen molar-refractivity contribution in [2.45, 2.75) is 17.4 Å². The van der Waals surface area contributed by atoms with E-state index in [0.29, 0.717) is 5.56 Å². The first-order valence-electron chi connectivity index (χ1n) is 7.58. The molecule has 3 N–H and O–H groups in total. The van der Waals surface area contributed by atoms with Crippen molar-refractivity contribution in [3.05, 3.63) is 66.0 Å². The Morgan fingerprint density at radius 1 is 1.08 bits per heavy atom. The molecule has 0 aliphatic heterocycles. The monoisotopic (exact) mass is 380 g/mol. The summed E-state index contributed by atoms with van der Waals surface area (Å²) in [5.74, 6) is -2.19. The molecule has 1 atom stereocenters. The molecule has 0 spiro atoms. The molecule has 0 radical (unpaired) electrons. The number of sulfonamides is 1. The number of hydrogen-bond acceptors (Lipinski definition) is 5. The lowest BCUT2D eigenvalue weighted by molar-refractivity contribution is -0.155. The van der Waals surface area contributed by atoms with Crippen molar-refractivity contribution < 1.29 is 27.1 Å². The van der Waals surface area contributed by atoms with Crippen LogP contribution in [0.4, 0.5) is 4.39 Å². The topological polar surface area (TPSA) is 116 Å². The summed E-state index contributed by atoms with van der Waals surface area (Å²) in [5.41, 5.74) is 5.66. The number of carbonyl (C=O) groups excluding carboxylic acids is 2. The summed E-state index contributed by atoms with van der Waals surface area (Å²) >= 11 is 0. The summed E-state index contributed by atoms with van der Waals surface area (Å²) in [7, 11) is -3.89. The van der Waals surface area contributed by atoms with E-state index in [1.807, 2.05) is 0 Å². The molecule has 7 nitrogen and oxygen atoms in total. The van der Waals surface area contributed by atoms with E-state index in [2.05, 4.69) is 4.72 Å². The highest BCUT2D eigenvalue weighted by Crippen LogP contribution is 2.17. The molecule has 0 aliphatic rings. The molecule has 0 unspecified atom stereocenters. The van der Waals surface area contributed by atoms with E-state index in [1.54, 1.807) is 30.3 Å². The van der Waals surface area contributed by atoms with Gasteiger partial charge in [0.05, 0.1) is 11.3 Å². The van der Waals surface area contributed by atoms with Crippen molar-refractivity contribution in [1.82, 2.24) is 4.72 Å².